The molecule has 0 spiro atoms. The number of hydrogen-bond acceptors (Lipinski definition) is 9. The van der Waals surface area contributed by atoms with Crippen LogP contribution in [-0.4, -0.2) is 65.2 Å². The lowest BCUT2D eigenvalue weighted by Gasteiger charge is -2.58. The summed E-state index contributed by atoms with van der Waals surface area (Å²) in [5.74, 6) is 3.20. The fourth-order valence-corrected chi connectivity index (χ4v) is 12.4. The first-order valence-electron chi connectivity index (χ1n) is 23.8. The third-order valence-electron chi connectivity index (χ3n) is 15.8. The van der Waals surface area contributed by atoms with Crippen LogP contribution in [-0.2, 0) is 33.4 Å². The minimum Gasteiger partial charge on any atom is -0.462 e. The van der Waals surface area contributed by atoms with Gasteiger partial charge in [-0.3, -0.25) is 33.5 Å². The van der Waals surface area contributed by atoms with Gasteiger partial charge in [-0.15, -0.1) is 0 Å². The number of aromatic amines is 1. The Kier molecular flexibility index (Phi) is 15.8. The van der Waals surface area contributed by atoms with Crippen LogP contribution >= 0.6 is 0 Å². The largest absolute Gasteiger partial charge is 0.462 e. The summed E-state index contributed by atoms with van der Waals surface area (Å²) in [4.78, 5) is 77.2. The van der Waals surface area contributed by atoms with E-state index in [1.807, 2.05) is 6.92 Å². The Morgan fingerprint density at radius 2 is 1.74 bits per heavy atom. The molecule has 62 heavy (non-hydrogen) atoms. The maximum absolute atomic E-state index is 13.0. The van der Waals surface area contributed by atoms with E-state index >= 15 is 0 Å². The van der Waals surface area contributed by atoms with Crippen molar-refractivity contribution in [3.8, 4) is 0 Å². The summed E-state index contributed by atoms with van der Waals surface area (Å²) < 4.78 is 18.8. The standard InChI is InChI=1S/C49H74N4O9/c1-8-39-40(62-45(57)21-20-41(54)50-7)28-43(61-39)53-29-32(46(58)52-47(53)59)14-19-42(55)51-26-10-13-44(56)60-34-22-24-48(5)33(27-34)15-16-35-37-18-17-36(31(4)12-9-11-30(2)3)49(37,6)25-23-38(35)48/h14-15,19,29-31,34-40,43H,8-13,16-18,20-28H2,1-7H3,(H,50,54)(H,51,55)(H,52,58,59)/b19-14+/t31-,34+,35?,36-,37?,38?,39-,40?,43-,48+,49-/m1/s1. The molecule has 3 saturated carbocycles. The van der Waals surface area contributed by atoms with Gasteiger partial charge in [0.25, 0.3) is 5.56 Å². The minimum absolute atomic E-state index is 0.00328. The molecule has 0 radical (unpaired) electrons. The average molecular weight is 863 g/mol. The molecule has 1 saturated heterocycles. The molecule has 13 nitrogen and oxygen atoms in total. The van der Waals surface area contributed by atoms with Crippen molar-refractivity contribution in [2.45, 2.75) is 175 Å². The first-order chi connectivity index (χ1) is 29.6. The number of esters is 2. The van der Waals surface area contributed by atoms with Crippen LogP contribution in [0, 0.1) is 46.3 Å². The number of fused-ring (bicyclic) bond motifs is 5. The van der Waals surface area contributed by atoms with Crippen LogP contribution in [0.25, 0.3) is 6.08 Å². The highest BCUT2D eigenvalue weighted by Crippen LogP contribution is 2.67. The van der Waals surface area contributed by atoms with Crippen molar-refractivity contribution in [1.29, 1.82) is 0 Å². The zero-order valence-corrected chi connectivity index (χ0v) is 38.4. The van der Waals surface area contributed by atoms with Gasteiger partial charge in [-0.05, 0) is 110 Å². The molecule has 4 unspecified atom stereocenters. The van der Waals surface area contributed by atoms with Crippen molar-refractivity contribution in [2.24, 2.45) is 46.3 Å². The van der Waals surface area contributed by atoms with Gasteiger partial charge >= 0.3 is 17.6 Å². The zero-order valence-electron chi connectivity index (χ0n) is 38.4. The summed E-state index contributed by atoms with van der Waals surface area (Å²) in [6, 6.07) is 0. The highest BCUT2D eigenvalue weighted by molar-refractivity contribution is 5.91. The van der Waals surface area contributed by atoms with Crippen molar-refractivity contribution in [2.75, 3.05) is 13.6 Å². The molecule has 344 valence electrons. The van der Waals surface area contributed by atoms with Crippen LogP contribution in [0.4, 0.5) is 0 Å². The lowest BCUT2D eigenvalue weighted by atomic mass is 9.47. The van der Waals surface area contributed by atoms with Crippen LogP contribution in [0.2, 0.25) is 0 Å². The molecule has 4 aliphatic carbocycles. The van der Waals surface area contributed by atoms with Crippen LogP contribution in [0.15, 0.2) is 33.5 Å². The average Bonchev–Trinajstić information content (AvgIpc) is 3.81. The Balaban J connectivity index is 0.938. The fourth-order valence-electron chi connectivity index (χ4n) is 12.4. The van der Waals surface area contributed by atoms with E-state index in [1.54, 1.807) is 0 Å². The number of amides is 2. The lowest BCUT2D eigenvalue weighted by Crippen LogP contribution is -2.51. The number of carbonyl (C=O) groups is 4. The highest BCUT2D eigenvalue weighted by atomic mass is 16.6. The molecule has 3 N–H and O–H groups in total. The van der Waals surface area contributed by atoms with Crippen LogP contribution in [0.5, 0.6) is 0 Å². The fraction of sp³-hybridized carbons (Fsp3) is 0.755. The molecule has 2 heterocycles. The van der Waals surface area contributed by atoms with E-state index in [-0.39, 0.29) is 61.2 Å². The van der Waals surface area contributed by atoms with Gasteiger partial charge in [0.1, 0.15) is 18.4 Å². The molecular formula is C49H74N4O9. The first-order valence-corrected chi connectivity index (χ1v) is 23.8. The van der Waals surface area contributed by atoms with Gasteiger partial charge in [0, 0.05) is 51.5 Å². The van der Waals surface area contributed by atoms with Crippen molar-refractivity contribution >= 4 is 29.8 Å². The van der Waals surface area contributed by atoms with Gasteiger partial charge < -0.3 is 24.8 Å². The van der Waals surface area contributed by atoms with Gasteiger partial charge in [0.05, 0.1) is 18.1 Å². The van der Waals surface area contributed by atoms with E-state index < -0.39 is 41.6 Å². The Morgan fingerprint density at radius 1 is 0.968 bits per heavy atom. The number of H-pyrrole nitrogens is 1. The third kappa shape index (κ3) is 10.8. The monoisotopic (exact) mass is 863 g/mol. The number of nitrogens with zero attached hydrogens (tertiary/aromatic N) is 1. The second-order valence-corrected chi connectivity index (χ2v) is 20.1. The Hall–Kier alpha value is -4.00. The van der Waals surface area contributed by atoms with E-state index in [4.69, 9.17) is 14.2 Å². The summed E-state index contributed by atoms with van der Waals surface area (Å²) in [7, 11) is 1.49. The van der Waals surface area contributed by atoms with Crippen LogP contribution in [0.1, 0.15) is 162 Å². The molecule has 4 fully saturated rings. The normalized spacial score (nSPS) is 32.0. The van der Waals surface area contributed by atoms with Gasteiger partial charge in [-0.25, -0.2) is 4.79 Å². The van der Waals surface area contributed by atoms with Crippen molar-refractivity contribution in [3.05, 3.63) is 50.3 Å². The molecule has 11 atom stereocenters. The van der Waals surface area contributed by atoms with Gasteiger partial charge in [0.2, 0.25) is 11.8 Å². The van der Waals surface area contributed by atoms with Gasteiger partial charge in [0.15, 0.2) is 0 Å². The number of aromatic nitrogens is 2. The molecule has 1 aromatic heterocycles. The summed E-state index contributed by atoms with van der Waals surface area (Å²) in [6.45, 7) is 14.5. The van der Waals surface area contributed by atoms with Crippen LogP contribution < -0.4 is 21.9 Å². The molecule has 13 heteroatoms. The van der Waals surface area contributed by atoms with Gasteiger partial charge in [-0.1, -0.05) is 72.5 Å². The van der Waals surface area contributed by atoms with Crippen molar-refractivity contribution in [1.82, 2.24) is 20.2 Å². The highest BCUT2D eigenvalue weighted by Gasteiger charge is 2.59. The number of nitrogens with one attached hydrogen (secondary N) is 3. The summed E-state index contributed by atoms with van der Waals surface area (Å²) in [5.41, 5.74) is 0.833. The summed E-state index contributed by atoms with van der Waals surface area (Å²) in [5, 5.41) is 5.22. The molecule has 5 aliphatic rings. The smallest absolute Gasteiger partial charge is 0.330 e. The second-order valence-electron chi connectivity index (χ2n) is 20.1. The van der Waals surface area contributed by atoms with E-state index in [1.165, 1.54) is 80.5 Å². The summed E-state index contributed by atoms with van der Waals surface area (Å²) in [6.07, 6.45) is 18.9. The molecule has 1 aromatic rings. The maximum Gasteiger partial charge on any atom is 0.330 e. The molecule has 2 amide bonds. The number of allylic oxidation sites excluding steroid dienone is 1. The molecular weight excluding hydrogens is 789 g/mol. The van der Waals surface area contributed by atoms with E-state index in [2.05, 4.69) is 56.3 Å². The number of hydrogen-bond donors (Lipinski definition) is 3. The van der Waals surface area contributed by atoms with E-state index in [0.29, 0.717) is 24.2 Å². The van der Waals surface area contributed by atoms with Crippen LogP contribution in [0.3, 0.4) is 0 Å². The Labute approximate surface area is 368 Å². The van der Waals surface area contributed by atoms with E-state index in [9.17, 15) is 28.8 Å². The van der Waals surface area contributed by atoms with Gasteiger partial charge in [-0.2, -0.15) is 0 Å². The lowest BCUT2D eigenvalue weighted by molar-refractivity contribution is -0.153. The minimum atomic E-state index is -0.821. The molecule has 6 rings (SSSR count). The molecule has 0 aromatic carbocycles. The Morgan fingerprint density at radius 3 is 2.48 bits per heavy atom. The number of ether oxygens (including phenoxy) is 3. The molecule has 1 aliphatic heterocycles. The molecule has 0 bridgehead atoms. The number of rotatable bonds is 18. The third-order valence-corrected chi connectivity index (χ3v) is 15.8. The maximum atomic E-state index is 13.0. The first kappa shape index (κ1) is 47.5. The predicted octanol–water partition coefficient (Wildman–Crippen LogP) is 7.53. The van der Waals surface area contributed by atoms with Crippen molar-refractivity contribution < 1.29 is 33.4 Å². The quantitative estimate of drug-likeness (QED) is 0.0583. The summed E-state index contributed by atoms with van der Waals surface area (Å²) >= 11 is 0. The SMILES string of the molecule is CC[C@H]1O[C@@H](n2cc(/C=C/C(=O)NCCCC(=O)O[C@H]3CC[C@@]4(C)C(=CCC5C4CC[C@@]4(C)C5CC[C@@H]4[C@H](C)CCCC(C)C)C3)c(=O)[nH]c2=O)CC1OC(=O)CCC(=O)NC. The van der Waals surface area contributed by atoms with Crippen molar-refractivity contribution in [3.63, 3.8) is 0 Å². The second kappa shape index (κ2) is 20.7. The topological polar surface area (TPSA) is 175 Å². The zero-order chi connectivity index (χ0) is 44.8. The Bertz CT molecular complexity index is 1950. The predicted molar refractivity (Wildman–Crippen MR) is 238 cm³/mol. The number of carbonyl (C=O) groups excluding carboxylic acids is 4. The van der Waals surface area contributed by atoms with E-state index in [0.717, 1.165) is 55.3 Å².